The normalized spacial score (nSPS) is 12.1. The second-order valence-corrected chi connectivity index (χ2v) is 6.22. The topological polar surface area (TPSA) is 72.9 Å². The van der Waals surface area contributed by atoms with Crippen LogP contribution in [0.15, 0.2) is 55.0 Å². The fraction of sp³-hybridized carbons (Fsp3) is 0.158. The Bertz CT molecular complexity index is 1050. The summed E-state index contributed by atoms with van der Waals surface area (Å²) in [6, 6.07) is 6.89. The Balaban J connectivity index is 2.01. The third kappa shape index (κ3) is 4.62. The summed E-state index contributed by atoms with van der Waals surface area (Å²) in [5, 5.41) is 2.41. The minimum absolute atomic E-state index is 0.0303. The van der Waals surface area contributed by atoms with Gasteiger partial charge in [0.05, 0.1) is 41.1 Å². The zero-order valence-corrected chi connectivity index (χ0v) is 15.1. The van der Waals surface area contributed by atoms with Crippen molar-refractivity contribution in [1.82, 2.24) is 9.55 Å². The van der Waals surface area contributed by atoms with Crippen LogP contribution in [-0.4, -0.2) is 22.0 Å². The third-order valence-electron chi connectivity index (χ3n) is 4.15. The van der Waals surface area contributed by atoms with Crippen LogP contribution in [0.4, 0.5) is 32.0 Å². The van der Waals surface area contributed by atoms with Crippen LogP contribution in [0, 0.1) is 0 Å². The predicted molar refractivity (Wildman–Crippen MR) is 96.7 cm³/mol. The van der Waals surface area contributed by atoms with Gasteiger partial charge in [0.15, 0.2) is 0 Å². The first-order valence-electron chi connectivity index (χ1n) is 8.42. The van der Waals surface area contributed by atoms with Crippen LogP contribution >= 0.6 is 0 Å². The van der Waals surface area contributed by atoms with Gasteiger partial charge in [-0.2, -0.15) is 26.3 Å². The molecule has 3 aromatic rings. The SMILES string of the molecule is NCC(=O)Nc1ccc(C(F)(F)F)cc1-n1cnc(-c2ccc(C(F)(F)F)cc2)c1. The van der Waals surface area contributed by atoms with Crippen molar-refractivity contribution in [2.24, 2.45) is 5.73 Å². The molecular formula is C19H14F6N4O. The van der Waals surface area contributed by atoms with E-state index in [2.05, 4.69) is 10.3 Å². The molecule has 1 aromatic heterocycles. The average molecular weight is 428 g/mol. The maximum Gasteiger partial charge on any atom is 0.416 e. The molecule has 2 aromatic carbocycles. The Hall–Kier alpha value is -3.34. The molecule has 30 heavy (non-hydrogen) atoms. The van der Waals surface area contributed by atoms with E-state index in [4.69, 9.17) is 5.73 Å². The Labute approximate surface area is 166 Å². The van der Waals surface area contributed by atoms with Crippen LogP contribution in [0.5, 0.6) is 0 Å². The summed E-state index contributed by atoms with van der Waals surface area (Å²) in [5.41, 5.74) is 4.05. The molecule has 0 aliphatic heterocycles. The Morgan fingerprint density at radius 3 is 2.13 bits per heavy atom. The fourth-order valence-corrected chi connectivity index (χ4v) is 2.66. The Kier molecular flexibility index (Phi) is 5.57. The van der Waals surface area contributed by atoms with Crippen molar-refractivity contribution in [2.75, 3.05) is 11.9 Å². The highest BCUT2D eigenvalue weighted by atomic mass is 19.4. The maximum absolute atomic E-state index is 13.1. The largest absolute Gasteiger partial charge is 0.416 e. The smallest absolute Gasteiger partial charge is 0.323 e. The number of nitrogens with one attached hydrogen (secondary N) is 1. The van der Waals surface area contributed by atoms with Gasteiger partial charge in [-0.25, -0.2) is 4.98 Å². The lowest BCUT2D eigenvalue weighted by Gasteiger charge is -2.14. The standard InChI is InChI=1S/C19H14F6N4O/c20-18(21,22)12-3-1-11(2-4-12)15-9-29(10-27-15)16-7-13(19(23,24)25)5-6-14(16)28-17(30)8-26/h1-7,9-10H,8,26H2,(H,28,30). The van der Waals surface area contributed by atoms with E-state index >= 15 is 0 Å². The predicted octanol–water partition coefficient (Wildman–Crippen LogP) is 4.47. The van der Waals surface area contributed by atoms with Crippen molar-refractivity contribution >= 4 is 11.6 Å². The summed E-state index contributed by atoms with van der Waals surface area (Å²) >= 11 is 0. The molecule has 1 heterocycles. The van der Waals surface area contributed by atoms with Gasteiger partial charge in [0.1, 0.15) is 0 Å². The van der Waals surface area contributed by atoms with Gasteiger partial charge < -0.3 is 15.6 Å². The van der Waals surface area contributed by atoms with Gasteiger partial charge in [0, 0.05) is 11.8 Å². The van der Waals surface area contributed by atoms with Gasteiger partial charge in [-0.1, -0.05) is 12.1 Å². The number of benzene rings is 2. The molecular weight excluding hydrogens is 414 g/mol. The molecule has 0 aliphatic carbocycles. The summed E-state index contributed by atoms with van der Waals surface area (Å²) in [4.78, 5) is 15.7. The molecule has 0 saturated carbocycles. The molecule has 3 rings (SSSR count). The number of hydrogen-bond acceptors (Lipinski definition) is 3. The van der Waals surface area contributed by atoms with Gasteiger partial charge in [-0.15, -0.1) is 0 Å². The highest BCUT2D eigenvalue weighted by Crippen LogP contribution is 2.34. The molecule has 0 spiro atoms. The molecule has 0 atom stereocenters. The summed E-state index contributed by atoms with van der Waals surface area (Å²) in [5.74, 6) is -0.612. The van der Waals surface area contributed by atoms with Crippen LogP contribution in [0.2, 0.25) is 0 Å². The van der Waals surface area contributed by atoms with Crippen LogP contribution in [-0.2, 0) is 17.1 Å². The van der Waals surface area contributed by atoms with E-state index in [1.807, 2.05) is 0 Å². The molecule has 0 fully saturated rings. The molecule has 0 bridgehead atoms. The zero-order valence-electron chi connectivity index (χ0n) is 15.1. The van der Waals surface area contributed by atoms with Crippen molar-refractivity contribution in [1.29, 1.82) is 0 Å². The monoisotopic (exact) mass is 428 g/mol. The van der Waals surface area contributed by atoms with E-state index < -0.39 is 29.4 Å². The highest BCUT2D eigenvalue weighted by molar-refractivity contribution is 5.94. The van der Waals surface area contributed by atoms with Crippen molar-refractivity contribution in [3.05, 3.63) is 66.1 Å². The lowest BCUT2D eigenvalue weighted by Crippen LogP contribution is -2.22. The number of imidazole rings is 1. The van der Waals surface area contributed by atoms with Crippen LogP contribution in [0.25, 0.3) is 16.9 Å². The molecule has 5 nitrogen and oxygen atoms in total. The molecule has 0 unspecified atom stereocenters. The number of nitrogens with zero attached hydrogens (tertiary/aromatic N) is 2. The highest BCUT2D eigenvalue weighted by Gasteiger charge is 2.32. The number of alkyl halides is 6. The van der Waals surface area contributed by atoms with Crippen molar-refractivity contribution in [2.45, 2.75) is 12.4 Å². The summed E-state index contributed by atoms with van der Waals surface area (Å²) in [7, 11) is 0. The van der Waals surface area contributed by atoms with Gasteiger partial charge in [0.25, 0.3) is 0 Å². The van der Waals surface area contributed by atoms with Gasteiger partial charge in [-0.3, -0.25) is 4.79 Å². The molecule has 0 radical (unpaired) electrons. The molecule has 1 amide bonds. The second-order valence-electron chi connectivity index (χ2n) is 6.22. The quantitative estimate of drug-likeness (QED) is 0.602. The number of rotatable bonds is 4. The average Bonchev–Trinajstić information content (AvgIpc) is 3.16. The summed E-state index contributed by atoms with van der Waals surface area (Å²) in [6.45, 7) is -0.374. The number of aromatic nitrogens is 2. The van der Waals surface area contributed by atoms with E-state index in [0.717, 1.165) is 30.3 Å². The van der Waals surface area contributed by atoms with Crippen LogP contribution < -0.4 is 11.1 Å². The minimum Gasteiger partial charge on any atom is -0.323 e. The number of carbonyl (C=O) groups excluding carboxylic acids is 1. The first-order chi connectivity index (χ1) is 14.0. The maximum atomic E-state index is 13.1. The van der Waals surface area contributed by atoms with E-state index in [0.29, 0.717) is 5.56 Å². The van der Waals surface area contributed by atoms with Crippen molar-refractivity contribution < 1.29 is 31.1 Å². The third-order valence-corrected chi connectivity index (χ3v) is 4.15. The van der Waals surface area contributed by atoms with Gasteiger partial charge in [-0.05, 0) is 30.3 Å². The van der Waals surface area contributed by atoms with Gasteiger partial charge >= 0.3 is 12.4 Å². The number of halogens is 6. The number of carbonyl (C=O) groups is 1. The van der Waals surface area contributed by atoms with E-state index in [1.165, 1.54) is 29.2 Å². The Morgan fingerprint density at radius 2 is 1.57 bits per heavy atom. The van der Waals surface area contributed by atoms with E-state index in [-0.39, 0.29) is 23.6 Å². The first kappa shape index (κ1) is 21.4. The lowest BCUT2D eigenvalue weighted by molar-refractivity contribution is -0.138. The molecule has 158 valence electrons. The van der Waals surface area contributed by atoms with E-state index in [9.17, 15) is 31.1 Å². The zero-order chi connectivity index (χ0) is 22.1. The van der Waals surface area contributed by atoms with Crippen LogP contribution in [0.1, 0.15) is 11.1 Å². The number of hydrogen-bond donors (Lipinski definition) is 2. The molecule has 0 saturated heterocycles. The number of nitrogens with two attached hydrogens (primary N) is 1. The summed E-state index contributed by atoms with van der Waals surface area (Å²) < 4.78 is 78.7. The fourth-order valence-electron chi connectivity index (χ4n) is 2.66. The second kappa shape index (κ2) is 7.82. The van der Waals surface area contributed by atoms with Crippen LogP contribution in [0.3, 0.4) is 0 Å². The minimum atomic E-state index is -4.62. The van der Waals surface area contributed by atoms with Crippen molar-refractivity contribution in [3.63, 3.8) is 0 Å². The molecule has 3 N–H and O–H groups in total. The lowest BCUT2D eigenvalue weighted by atomic mass is 10.1. The number of amides is 1. The first-order valence-corrected chi connectivity index (χ1v) is 8.42. The summed E-state index contributed by atoms with van der Waals surface area (Å²) in [6.07, 6.45) is -6.58. The molecule has 11 heteroatoms. The van der Waals surface area contributed by atoms with Gasteiger partial charge in [0.2, 0.25) is 5.91 Å². The number of anilines is 1. The van der Waals surface area contributed by atoms with Crippen molar-refractivity contribution in [3.8, 4) is 16.9 Å². The Morgan fingerprint density at radius 1 is 0.967 bits per heavy atom. The van der Waals surface area contributed by atoms with E-state index in [1.54, 1.807) is 0 Å². The molecule has 0 aliphatic rings.